The standard InChI is InChI=1S/C14H26N2O2/c1-14(2,18-3)13(17)16-10-8-15(9-11-16)12-6-4-5-7-12/h12H,4-11H2,1-3H3. The first-order chi connectivity index (χ1) is 8.54. The number of nitrogens with zero attached hydrogens (tertiary/aromatic N) is 2. The van der Waals surface area contributed by atoms with Gasteiger partial charge in [0.25, 0.3) is 5.91 Å². The van der Waals surface area contributed by atoms with Crippen LogP contribution in [0.15, 0.2) is 0 Å². The van der Waals surface area contributed by atoms with Crippen LogP contribution in [0.25, 0.3) is 0 Å². The molecule has 2 aliphatic rings. The molecule has 0 atom stereocenters. The molecule has 1 saturated carbocycles. The van der Waals surface area contributed by atoms with E-state index >= 15 is 0 Å². The van der Waals surface area contributed by atoms with Crippen molar-refractivity contribution in [1.82, 2.24) is 9.80 Å². The highest BCUT2D eigenvalue weighted by atomic mass is 16.5. The Hall–Kier alpha value is -0.610. The molecule has 4 nitrogen and oxygen atoms in total. The highest BCUT2D eigenvalue weighted by molar-refractivity contribution is 5.84. The summed E-state index contributed by atoms with van der Waals surface area (Å²) in [7, 11) is 1.60. The first-order valence-electron chi connectivity index (χ1n) is 7.13. The zero-order valence-electron chi connectivity index (χ0n) is 11.9. The predicted molar refractivity (Wildman–Crippen MR) is 71.5 cm³/mol. The number of hydrogen-bond donors (Lipinski definition) is 0. The summed E-state index contributed by atoms with van der Waals surface area (Å²) in [6.07, 6.45) is 5.44. The molecule has 2 rings (SSSR count). The maximum absolute atomic E-state index is 12.3. The molecule has 104 valence electrons. The number of methoxy groups -OCH3 is 1. The number of amides is 1. The second kappa shape index (κ2) is 5.57. The van der Waals surface area contributed by atoms with Gasteiger partial charge in [0.05, 0.1) is 0 Å². The summed E-state index contributed by atoms with van der Waals surface area (Å²) >= 11 is 0. The molecule has 4 heteroatoms. The number of carbonyl (C=O) groups is 1. The van der Waals surface area contributed by atoms with E-state index in [2.05, 4.69) is 4.90 Å². The lowest BCUT2D eigenvalue weighted by Gasteiger charge is -2.40. The fourth-order valence-corrected chi connectivity index (χ4v) is 3.03. The average Bonchev–Trinajstić information content (AvgIpc) is 2.92. The Kier molecular flexibility index (Phi) is 4.28. The highest BCUT2D eigenvalue weighted by Crippen LogP contribution is 2.24. The molecule has 1 saturated heterocycles. The molecule has 0 aromatic rings. The monoisotopic (exact) mass is 254 g/mol. The Morgan fingerprint density at radius 1 is 1.11 bits per heavy atom. The second-order valence-electron chi connectivity index (χ2n) is 5.98. The lowest BCUT2D eigenvalue weighted by Crippen LogP contribution is -2.56. The molecule has 1 amide bonds. The van der Waals surface area contributed by atoms with Gasteiger partial charge in [-0.3, -0.25) is 9.69 Å². The summed E-state index contributed by atoms with van der Waals surface area (Å²) in [6.45, 7) is 7.44. The topological polar surface area (TPSA) is 32.8 Å². The van der Waals surface area contributed by atoms with Crippen molar-refractivity contribution in [3.63, 3.8) is 0 Å². The molecule has 18 heavy (non-hydrogen) atoms. The van der Waals surface area contributed by atoms with Crippen LogP contribution in [0.4, 0.5) is 0 Å². The number of hydrogen-bond acceptors (Lipinski definition) is 3. The molecule has 0 aromatic heterocycles. The van der Waals surface area contributed by atoms with Crippen LogP contribution in [0, 0.1) is 0 Å². The lowest BCUT2D eigenvalue weighted by atomic mass is 10.1. The Balaban J connectivity index is 1.84. The zero-order valence-corrected chi connectivity index (χ0v) is 11.9. The van der Waals surface area contributed by atoms with Crippen LogP contribution in [0.3, 0.4) is 0 Å². The molecular formula is C14H26N2O2. The Morgan fingerprint density at radius 2 is 1.67 bits per heavy atom. The molecule has 1 aliphatic carbocycles. The molecule has 0 aromatic carbocycles. The van der Waals surface area contributed by atoms with Gasteiger partial charge in [-0.05, 0) is 26.7 Å². The molecule has 0 N–H and O–H groups in total. The van der Waals surface area contributed by atoms with Crippen molar-refractivity contribution < 1.29 is 9.53 Å². The molecule has 0 unspecified atom stereocenters. The summed E-state index contributed by atoms with van der Waals surface area (Å²) in [5.74, 6) is 0.121. The van der Waals surface area contributed by atoms with Crippen LogP contribution in [0.1, 0.15) is 39.5 Å². The number of rotatable bonds is 3. The summed E-state index contributed by atoms with van der Waals surface area (Å²) < 4.78 is 5.27. The number of ether oxygens (including phenoxy) is 1. The van der Waals surface area contributed by atoms with Gasteiger partial charge in [0, 0.05) is 39.3 Å². The molecule has 1 heterocycles. The summed E-state index contributed by atoms with van der Waals surface area (Å²) in [5.41, 5.74) is -0.685. The van der Waals surface area contributed by atoms with E-state index < -0.39 is 5.60 Å². The van der Waals surface area contributed by atoms with Crippen molar-refractivity contribution in [1.29, 1.82) is 0 Å². The van der Waals surface area contributed by atoms with E-state index in [1.165, 1.54) is 25.7 Å². The molecule has 2 fully saturated rings. The maximum atomic E-state index is 12.3. The minimum atomic E-state index is -0.685. The smallest absolute Gasteiger partial charge is 0.254 e. The van der Waals surface area contributed by atoms with Crippen LogP contribution in [-0.2, 0) is 9.53 Å². The van der Waals surface area contributed by atoms with E-state index in [-0.39, 0.29) is 5.91 Å². The third-order valence-corrected chi connectivity index (χ3v) is 4.47. The Bertz CT molecular complexity index is 290. The summed E-state index contributed by atoms with van der Waals surface area (Å²) in [4.78, 5) is 16.8. The largest absolute Gasteiger partial charge is 0.369 e. The normalized spacial score (nSPS) is 23.6. The van der Waals surface area contributed by atoms with Crippen LogP contribution in [-0.4, -0.2) is 60.6 Å². The molecule has 1 aliphatic heterocycles. The fraction of sp³-hybridized carbons (Fsp3) is 0.929. The van der Waals surface area contributed by atoms with Crippen LogP contribution in [0.2, 0.25) is 0 Å². The van der Waals surface area contributed by atoms with Gasteiger partial charge in [0.15, 0.2) is 0 Å². The van der Waals surface area contributed by atoms with Gasteiger partial charge in [0.1, 0.15) is 5.60 Å². The molecule has 0 bridgehead atoms. The SMILES string of the molecule is COC(C)(C)C(=O)N1CCN(C2CCCC2)CC1. The van der Waals surface area contributed by atoms with Crippen molar-refractivity contribution in [3.8, 4) is 0 Å². The van der Waals surface area contributed by atoms with Gasteiger partial charge >= 0.3 is 0 Å². The van der Waals surface area contributed by atoms with Gasteiger partial charge in [-0.15, -0.1) is 0 Å². The quantitative estimate of drug-likeness (QED) is 0.765. The van der Waals surface area contributed by atoms with Gasteiger partial charge in [-0.2, -0.15) is 0 Å². The predicted octanol–water partition coefficient (Wildman–Crippen LogP) is 1.50. The van der Waals surface area contributed by atoms with Gasteiger partial charge in [-0.1, -0.05) is 12.8 Å². The highest BCUT2D eigenvalue weighted by Gasteiger charge is 2.34. The molecule has 0 radical (unpaired) electrons. The minimum Gasteiger partial charge on any atom is -0.369 e. The van der Waals surface area contributed by atoms with Gasteiger partial charge < -0.3 is 9.64 Å². The Morgan fingerprint density at radius 3 is 2.17 bits per heavy atom. The second-order valence-corrected chi connectivity index (χ2v) is 5.98. The van der Waals surface area contributed by atoms with E-state index in [9.17, 15) is 4.79 Å². The van der Waals surface area contributed by atoms with E-state index in [1.807, 2.05) is 18.7 Å². The van der Waals surface area contributed by atoms with Crippen LogP contribution < -0.4 is 0 Å². The average molecular weight is 254 g/mol. The van der Waals surface area contributed by atoms with Gasteiger partial charge in [0.2, 0.25) is 0 Å². The number of carbonyl (C=O) groups excluding carboxylic acids is 1. The van der Waals surface area contributed by atoms with Crippen molar-refractivity contribution in [2.75, 3.05) is 33.3 Å². The van der Waals surface area contributed by atoms with Crippen LogP contribution >= 0.6 is 0 Å². The van der Waals surface area contributed by atoms with E-state index in [1.54, 1.807) is 7.11 Å². The van der Waals surface area contributed by atoms with E-state index in [4.69, 9.17) is 4.74 Å². The third-order valence-electron chi connectivity index (χ3n) is 4.47. The minimum absolute atomic E-state index is 0.121. The van der Waals surface area contributed by atoms with Crippen molar-refractivity contribution in [2.24, 2.45) is 0 Å². The number of piperazine rings is 1. The summed E-state index contributed by atoms with van der Waals surface area (Å²) in [6, 6.07) is 0.776. The molecular weight excluding hydrogens is 228 g/mol. The van der Waals surface area contributed by atoms with Crippen molar-refractivity contribution >= 4 is 5.91 Å². The molecule has 0 spiro atoms. The van der Waals surface area contributed by atoms with Crippen molar-refractivity contribution in [3.05, 3.63) is 0 Å². The fourth-order valence-electron chi connectivity index (χ4n) is 3.03. The maximum Gasteiger partial charge on any atom is 0.254 e. The zero-order chi connectivity index (χ0) is 13.2. The first-order valence-corrected chi connectivity index (χ1v) is 7.13. The summed E-state index contributed by atoms with van der Waals surface area (Å²) in [5, 5.41) is 0. The van der Waals surface area contributed by atoms with E-state index in [0.717, 1.165) is 32.2 Å². The lowest BCUT2D eigenvalue weighted by molar-refractivity contribution is -0.153. The van der Waals surface area contributed by atoms with Gasteiger partial charge in [-0.25, -0.2) is 0 Å². The Labute approximate surface area is 110 Å². The van der Waals surface area contributed by atoms with Crippen molar-refractivity contribution in [2.45, 2.75) is 51.2 Å². The van der Waals surface area contributed by atoms with E-state index in [0.29, 0.717) is 0 Å². The third kappa shape index (κ3) is 2.86. The van der Waals surface area contributed by atoms with Crippen LogP contribution in [0.5, 0.6) is 0 Å². The first kappa shape index (κ1) is 13.8.